The van der Waals surface area contributed by atoms with Gasteiger partial charge in [0.2, 0.25) is 0 Å². The highest BCUT2D eigenvalue weighted by Gasteiger charge is 2.31. The summed E-state index contributed by atoms with van der Waals surface area (Å²) in [6.45, 7) is 1.58. The summed E-state index contributed by atoms with van der Waals surface area (Å²) < 4.78 is 0. The predicted molar refractivity (Wildman–Crippen MR) is 197 cm³/mol. The highest BCUT2D eigenvalue weighted by atomic mass is 16.4. The first-order valence-corrected chi connectivity index (χ1v) is 17.6. The van der Waals surface area contributed by atoms with Crippen molar-refractivity contribution in [2.45, 2.75) is 63.7 Å². The van der Waals surface area contributed by atoms with Gasteiger partial charge in [-0.3, -0.25) is 19.2 Å². The topological polar surface area (TPSA) is 168 Å². The fraction of sp³-hybridized carbons (Fsp3) is 0.317. The molecule has 52 heavy (non-hydrogen) atoms. The average molecular weight is 706 g/mol. The highest BCUT2D eigenvalue weighted by molar-refractivity contribution is 6.09. The van der Waals surface area contributed by atoms with Crippen molar-refractivity contribution in [1.82, 2.24) is 5.32 Å². The molecule has 2 amide bonds. The van der Waals surface area contributed by atoms with Crippen molar-refractivity contribution in [3.8, 4) is 11.1 Å². The molecule has 0 radical (unpaired) electrons. The van der Waals surface area contributed by atoms with E-state index >= 15 is 0 Å². The molecule has 0 spiro atoms. The molecule has 2 atom stereocenters. The van der Waals surface area contributed by atoms with Gasteiger partial charge in [-0.1, -0.05) is 48.5 Å². The molecule has 0 unspecified atom stereocenters. The summed E-state index contributed by atoms with van der Waals surface area (Å²) in [4.78, 5) is 53.0. The van der Waals surface area contributed by atoms with Gasteiger partial charge in [0.15, 0.2) is 0 Å². The summed E-state index contributed by atoms with van der Waals surface area (Å²) in [7, 11) is 0. The number of aliphatic hydroxyl groups excluding tert-OH is 2. The van der Waals surface area contributed by atoms with Crippen molar-refractivity contribution < 1.29 is 39.6 Å². The Bertz CT molecular complexity index is 1840. The Morgan fingerprint density at radius 2 is 1.15 bits per heavy atom. The number of hydrogen-bond donors (Lipinski definition) is 5. The molecule has 5 N–H and O–H groups in total. The van der Waals surface area contributed by atoms with Gasteiger partial charge in [-0.25, -0.2) is 0 Å². The molecule has 270 valence electrons. The number of fused-ring (bicyclic) bond motifs is 2. The quantitative estimate of drug-likeness (QED) is 0.116. The Kier molecular flexibility index (Phi) is 11.4. The number of carbonyl (C=O) groups is 4. The number of aryl methyl sites for hydroxylation is 1. The third kappa shape index (κ3) is 8.39. The van der Waals surface area contributed by atoms with Gasteiger partial charge in [-0.15, -0.1) is 0 Å². The van der Waals surface area contributed by atoms with Gasteiger partial charge in [0.25, 0.3) is 11.8 Å². The average Bonchev–Trinajstić information content (AvgIpc) is 3.76. The van der Waals surface area contributed by atoms with Crippen LogP contribution in [0, 0.1) is 0 Å². The Labute approximate surface area is 302 Å². The second kappa shape index (κ2) is 16.3. The van der Waals surface area contributed by atoms with E-state index in [2.05, 4.69) is 17.4 Å². The van der Waals surface area contributed by atoms with Crippen LogP contribution in [0.25, 0.3) is 11.1 Å². The standard InChI is InChI=1S/C41H43N3O8/c45-30(22-38(47)48)11-3-7-26-6-1-9-28(20-26)40(51)43-18-16-34-32(12-4-14-36(34)43)33-13-5-15-37-35(33)17-19-44(37)41(52)29-10-2-8-27(21-29)24-42-25-31(46)23-39(49)50/h1-2,4-6,8-10,12-15,20-21,30-31,42,45-46H,3,7,11,16-19,22-25H2,(H,47,48)(H,49,50)/t30-,31+/m1/s1. The van der Waals surface area contributed by atoms with Gasteiger partial charge >= 0.3 is 11.9 Å². The number of carbonyl (C=O) groups excluding carboxylic acids is 2. The maximum Gasteiger partial charge on any atom is 0.306 e. The van der Waals surface area contributed by atoms with Gasteiger partial charge in [0, 0.05) is 48.7 Å². The molecule has 0 saturated carbocycles. The number of nitrogens with zero attached hydrogens (tertiary/aromatic N) is 2. The van der Waals surface area contributed by atoms with Crippen molar-refractivity contribution in [2.24, 2.45) is 0 Å². The number of benzene rings is 4. The molecule has 2 heterocycles. The Morgan fingerprint density at radius 1 is 0.654 bits per heavy atom. The number of amides is 2. The van der Waals surface area contributed by atoms with Crippen molar-refractivity contribution in [3.05, 3.63) is 118 Å². The normalized spacial score (nSPS) is 14.5. The van der Waals surface area contributed by atoms with Crippen LogP contribution in [0.4, 0.5) is 11.4 Å². The summed E-state index contributed by atoms with van der Waals surface area (Å²) in [5.74, 6) is -2.29. The molecule has 4 aromatic rings. The fourth-order valence-corrected chi connectivity index (χ4v) is 7.28. The lowest BCUT2D eigenvalue weighted by Gasteiger charge is -2.20. The highest BCUT2D eigenvalue weighted by Crippen LogP contribution is 2.42. The smallest absolute Gasteiger partial charge is 0.306 e. The van der Waals surface area contributed by atoms with Gasteiger partial charge in [-0.05, 0) is 102 Å². The number of carboxylic acids is 2. The van der Waals surface area contributed by atoms with Gasteiger partial charge in [0.1, 0.15) is 0 Å². The maximum absolute atomic E-state index is 13.8. The number of hydrogen-bond acceptors (Lipinski definition) is 7. The van der Waals surface area contributed by atoms with Crippen LogP contribution in [0.5, 0.6) is 0 Å². The SMILES string of the molecule is O=C(O)C[C@H](O)CCCc1cccc(C(=O)N2CCc3c(-c4cccc5c4CCN5C(=O)c4cccc(CNC[C@@H](O)CC(=O)O)c4)cccc32)c1. The van der Waals surface area contributed by atoms with E-state index < -0.39 is 24.1 Å². The van der Waals surface area contributed by atoms with Crippen LogP contribution in [-0.4, -0.2) is 76.0 Å². The fourth-order valence-electron chi connectivity index (χ4n) is 7.28. The minimum Gasteiger partial charge on any atom is -0.481 e. The Morgan fingerprint density at radius 3 is 1.71 bits per heavy atom. The molecular weight excluding hydrogens is 662 g/mol. The molecule has 11 heteroatoms. The first-order chi connectivity index (χ1) is 25.1. The monoisotopic (exact) mass is 705 g/mol. The number of carboxylic acid groups (broad SMARTS) is 2. The summed E-state index contributed by atoms with van der Waals surface area (Å²) in [5.41, 5.74) is 8.91. The second-order valence-corrected chi connectivity index (χ2v) is 13.4. The summed E-state index contributed by atoms with van der Waals surface area (Å²) in [6.07, 6.45) is 0.482. The number of aliphatic hydroxyl groups is 2. The van der Waals surface area contributed by atoms with Crippen molar-refractivity contribution in [1.29, 1.82) is 0 Å². The van der Waals surface area contributed by atoms with Crippen LogP contribution >= 0.6 is 0 Å². The van der Waals surface area contributed by atoms with E-state index in [0.29, 0.717) is 62.9 Å². The van der Waals surface area contributed by atoms with Crippen LogP contribution in [0.3, 0.4) is 0 Å². The van der Waals surface area contributed by atoms with E-state index in [1.165, 1.54) is 0 Å². The van der Waals surface area contributed by atoms with Gasteiger partial charge in [-0.2, -0.15) is 0 Å². The van der Waals surface area contributed by atoms with Gasteiger partial charge in [0.05, 0.1) is 25.0 Å². The summed E-state index contributed by atoms with van der Waals surface area (Å²) in [5, 5.41) is 40.5. The first-order valence-electron chi connectivity index (χ1n) is 17.6. The van der Waals surface area contributed by atoms with Crippen molar-refractivity contribution >= 4 is 35.1 Å². The molecule has 11 nitrogen and oxygen atoms in total. The van der Waals surface area contributed by atoms with Crippen LogP contribution < -0.4 is 15.1 Å². The number of rotatable bonds is 15. The molecule has 0 bridgehead atoms. The zero-order valence-electron chi connectivity index (χ0n) is 28.8. The lowest BCUT2D eigenvalue weighted by Crippen LogP contribution is -2.29. The molecule has 6 rings (SSSR count). The first kappa shape index (κ1) is 36.4. The molecule has 4 aromatic carbocycles. The number of nitrogens with one attached hydrogen (secondary N) is 1. The molecule has 2 aliphatic rings. The third-order valence-corrected chi connectivity index (χ3v) is 9.72. The largest absolute Gasteiger partial charge is 0.481 e. The van der Waals surface area contributed by atoms with Crippen molar-refractivity contribution in [3.63, 3.8) is 0 Å². The van der Waals surface area contributed by atoms with E-state index in [1.54, 1.807) is 11.0 Å². The van der Waals surface area contributed by atoms with Crippen LogP contribution in [0.15, 0.2) is 84.9 Å². The molecule has 0 aliphatic carbocycles. The Balaban J connectivity index is 1.16. The van der Waals surface area contributed by atoms with E-state index in [0.717, 1.165) is 44.8 Å². The van der Waals surface area contributed by atoms with E-state index in [4.69, 9.17) is 10.2 Å². The molecular formula is C41H43N3O8. The number of anilines is 2. The molecule has 0 aromatic heterocycles. The zero-order chi connectivity index (χ0) is 36.8. The van der Waals surface area contributed by atoms with Gasteiger partial charge < -0.3 is 35.5 Å². The minimum atomic E-state index is -1.06. The van der Waals surface area contributed by atoms with Crippen LogP contribution in [0.1, 0.15) is 68.7 Å². The summed E-state index contributed by atoms with van der Waals surface area (Å²) in [6, 6.07) is 26.8. The van der Waals surface area contributed by atoms with E-state index in [9.17, 15) is 29.4 Å². The lowest BCUT2D eigenvalue weighted by molar-refractivity contribution is -0.140. The number of aliphatic carboxylic acids is 2. The molecule has 0 fully saturated rings. The third-order valence-electron chi connectivity index (χ3n) is 9.72. The molecule has 0 saturated heterocycles. The van der Waals surface area contributed by atoms with E-state index in [-0.39, 0.29) is 31.2 Å². The summed E-state index contributed by atoms with van der Waals surface area (Å²) >= 11 is 0. The van der Waals surface area contributed by atoms with Crippen LogP contribution in [-0.2, 0) is 35.4 Å². The zero-order valence-corrected chi connectivity index (χ0v) is 28.8. The Hall–Kier alpha value is -5.36. The van der Waals surface area contributed by atoms with E-state index in [1.807, 2.05) is 71.6 Å². The maximum atomic E-state index is 13.8. The second-order valence-electron chi connectivity index (χ2n) is 13.4. The lowest BCUT2D eigenvalue weighted by atomic mass is 9.93. The predicted octanol–water partition coefficient (Wildman–Crippen LogP) is 4.84. The van der Waals surface area contributed by atoms with Crippen molar-refractivity contribution in [2.75, 3.05) is 29.4 Å². The molecule has 2 aliphatic heterocycles. The minimum absolute atomic E-state index is 0.0902. The van der Waals surface area contributed by atoms with Crippen LogP contribution in [0.2, 0.25) is 0 Å².